The zero-order chi connectivity index (χ0) is 32.2. The van der Waals surface area contributed by atoms with E-state index in [-0.39, 0.29) is 26.5 Å². The van der Waals surface area contributed by atoms with Crippen LogP contribution in [-0.4, -0.2) is 25.8 Å². The molecule has 1 aliphatic heterocycles. The number of hydrogen-bond acceptors (Lipinski definition) is 5. The van der Waals surface area contributed by atoms with Gasteiger partial charge in [0.15, 0.2) is 0 Å². The van der Waals surface area contributed by atoms with E-state index in [2.05, 4.69) is 27.7 Å². The first-order valence-corrected chi connectivity index (χ1v) is 14.9. The monoisotopic (exact) mass is 725 g/mol. The van der Waals surface area contributed by atoms with Crippen LogP contribution >= 0.6 is 8.60 Å². The Kier molecular flexibility index (Phi) is 17.1. The van der Waals surface area contributed by atoms with E-state index in [1.165, 1.54) is 6.42 Å². The van der Waals surface area contributed by atoms with Gasteiger partial charge in [-0.15, -0.1) is 0 Å². The van der Waals surface area contributed by atoms with Crippen molar-refractivity contribution in [2.75, 3.05) is 6.61 Å². The first kappa shape index (κ1) is 39.4. The Hall–Kier alpha value is -2.59. The molecule has 3 aromatic rings. The predicted molar refractivity (Wildman–Crippen MR) is 168 cm³/mol. The van der Waals surface area contributed by atoms with Gasteiger partial charge in [-0.2, -0.15) is 0 Å². The summed E-state index contributed by atoms with van der Waals surface area (Å²) in [5.74, 6) is 3.24. The van der Waals surface area contributed by atoms with Crippen molar-refractivity contribution in [1.82, 2.24) is 0 Å². The average molecular weight is 726 g/mol. The van der Waals surface area contributed by atoms with Gasteiger partial charge in [0.05, 0.1) is 11.6 Å². The molecule has 5 nitrogen and oxygen atoms in total. The van der Waals surface area contributed by atoms with Crippen molar-refractivity contribution in [3.8, 4) is 17.2 Å². The first-order valence-electron chi connectivity index (χ1n) is 13.8. The summed E-state index contributed by atoms with van der Waals surface area (Å²) in [6, 6.07) is 20.1. The Labute approximate surface area is 274 Å². The maximum absolute atomic E-state index is 9.75. The summed E-state index contributed by atoms with van der Waals surface area (Å²) in [4.78, 5) is 4.86. The van der Waals surface area contributed by atoms with Crippen LogP contribution in [0, 0.1) is 53.9 Å². The van der Waals surface area contributed by atoms with Crippen LogP contribution in [0.25, 0.3) is 0 Å². The second-order valence-electron chi connectivity index (χ2n) is 9.92. The van der Waals surface area contributed by atoms with Crippen LogP contribution < -0.4 is 13.6 Å². The topological polar surface area (TPSA) is 49.3 Å². The molecular formula is C32H39BF4NO4PPd-. The summed E-state index contributed by atoms with van der Waals surface area (Å²) in [6.07, 6.45) is 2.56. The van der Waals surface area contributed by atoms with Crippen LogP contribution in [0.5, 0.6) is 17.2 Å². The van der Waals surface area contributed by atoms with Crippen LogP contribution in [0.1, 0.15) is 48.1 Å². The molecule has 4 rings (SSSR count). The molecule has 1 aliphatic rings. The van der Waals surface area contributed by atoms with Gasteiger partial charge in [-0.25, -0.2) is 4.99 Å². The molecular weight excluding hydrogens is 687 g/mol. The number of rotatable bonds is 9. The van der Waals surface area contributed by atoms with Crippen molar-refractivity contribution in [2.45, 2.75) is 54.0 Å². The molecule has 243 valence electrons. The number of aryl methyl sites for hydroxylation is 4. The third-order valence-corrected chi connectivity index (χ3v) is 7.42. The molecule has 0 amide bonds. The minimum Gasteiger partial charge on any atom is -0.475 e. The molecule has 0 saturated carbocycles. The van der Waals surface area contributed by atoms with Gasteiger partial charge < -0.3 is 35.6 Å². The zero-order valence-corrected chi connectivity index (χ0v) is 28.2. The largest absolute Gasteiger partial charge is 0.673 e. The van der Waals surface area contributed by atoms with Crippen molar-refractivity contribution in [3.05, 3.63) is 109 Å². The number of nitrogens with zero attached hydrogens (tertiary/aromatic N) is 1. The maximum Gasteiger partial charge on any atom is 0.673 e. The summed E-state index contributed by atoms with van der Waals surface area (Å²) in [5, 5.41) is 0. The van der Waals surface area contributed by atoms with Crippen LogP contribution in [-0.2, 0) is 25.2 Å². The number of hydrogen-bond donors (Lipinski definition) is 0. The van der Waals surface area contributed by atoms with E-state index in [0.717, 1.165) is 45.7 Å². The van der Waals surface area contributed by atoms with E-state index < -0.39 is 15.9 Å². The van der Waals surface area contributed by atoms with E-state index in [1.54, 1.807) is 0 Å². The summed E-state index contributed by atoms with van der Waals surface area (Å²) < 4.78 is 64.3. The minimum atomic E-state index is -6.00. The summed E-state index contributed by atoms with van der Waals surface area (Å²) in [7, 11) is -7.82. The summed E-state index contributed by atoms with van der Waals surface area (Å²) in [6.45, 7) is 19.6. The van der Waals surface area contributed by atoms with Crippen LogP contribution in [0.15, 0.2) is 65.7 Å². The number of benzene rings is 3. The van der Waals surface area contributed by atoms with Crippen LogP contribution in [0.4, 0.5) is 17.3 Å². The van der Waals surface area contributed by atoms with Gasteiger partial charge in [0.2, 0.25) is 5.90 Å². The SMILES string of the molecule is CCC(C)[C@H]1COC(c2ccccc2OP(Oc2c(C)cccc2C)Oc2c(C)cccc2C)=N1.F[B-](F)(F)F.[CH2][CH][CH2].[Pd]. The Balaban J connectivity index is 0.000000962. The van der Waals surface area contributed by atoms with Crippen molar-refractivity contribution in [2.24, 2.45) is 10.9 Å². The average Bonchev–Trinajstić information content (AvgIpc) is 3.42. The van der Waals surface area contributed by atoms with Gasteiger partial charge in [0, 0.05) is 20.4 Å². The smallest absolute Gasteiger partial charge is 0.475 e. The molecule has 1 heterocycles. The van der Waals surface area contributed by atoms with Crippen LogP contribution in [0.3, 0.4) is 0 Å². The van der Waals surface area contributed by atoms with Gasteiger partial charge in [-0.3, -0.25) is 0 Å². The van der Waals surface area contributed by atoms with E-state index in [0.29, 0.717) is 24.2 Å². The quantitative estimate of drug-likeness (QED) is 0.125. The molecule has 0 bridgehead atoms. The minimum absolute atomic E-state index is 0. The number of halogens is 4. The standard InChI is InChI=1S/C29H34NO4P.C3H5.BF4.Pd/c1-7-19(2)25-18-31-29(30-25)24-16-8-9-17-26(24)32-35(33-27-20(3)12-10-13-21(27)4)34-28-22(5)14-11-15-23(28)6;1-3-2;2-1(3,4)5;/h8-17,19,25H,7,18H2,1-6H3;3H,1-2H2;;/q;;-1;/t19?,25-;;;/m1.../s1. The third-order valence-electron chi connectivity index (χ3n) is 6.41. The number of ether oxygens (including phenoxy) is 1. The Bertz CT molecular complexity index is 1250. The molecule has 0 aliphatic carbocycles. The normalized spacial score (nSPS) is 14.5. The first-order chi connectivity index (χ1) is 20.3. The van der Waals surface area contributed by atoms with Gasteiger partial charge in [0.25, 0.3) is 0 Å². The fraction of sp³-hybridized carbons (Fsp3) is 0.312. The molecule has 1 unspecified atom stereocenters. The zero-order valence-electron chi connectivity index (χ0n) is 25.8. The number of para-hydroxylation sites is 3. The second-order valence-corrected chi connectivity index (χ2v) is 10.9. The van der Waals surface area contributed by atoms with Gasteiger partial charge in [-0.05, 0) is 88.3 Å². The van der Waals surface area contributed by atoms with E-state index in [1.807, 2.05) is 88.4 Å². The molecule has 0 saturated heterocycles. The van der Waals surface area contributed by atoms with E-state index in [9.17, 15) is 17.3 Å². The molecule has 12 heteroatoms. The molecule has 2 atom stereocenters. The van der Waals surface area contributed by atoms with Crippen molar-refractivity contribution >= 4 is 21.8 Å². The summed E-state index contributed by atoms with van der Waals surface area (Å²) in [5.41, 5.74) is 4.92. The van der Waals surface area contributed by atoms with Crippen molar-refractivity contribution < 1.29 is 56.0 Å². The molecule has 3 radical (unpaired) electrons. The Morgan fingerprint density at radius 3 is 1.73 bits per heavy atom. The molecule has 0 aromatic heterocycles. The molecule has 3 aromatic carbocycles. The second kappa shape index (κ2) is 19.0. The van der Waals surface area contributed by atoms with Crippen LogP contribution in [0.2, 0.25) is 0 Å². The molecule has 0 N–H and O–H groups in total. The Morgan fingerprint density at radius 1 is 0.864 bits per heavy atom. The van der Waals surface area contributed by atoms with Gasteiger partial charge in [-0.1, -0.05) is 68.8 Å². The fourth-order valence-electron chi connectivity index (χ4n) is 3.99. The van der Waals surface area contributed by atoms with Crippen molar-refractivity contribution in [1.29, 1.82) is 0 Å². The fourth-order valence-corrected chi connectivity index (χ4v) is 5.30. The molecule has 0 fully saturated rings. The van der Waals surface area contributed by atoms with Gasteiger partial charge >= 0.3 is 15.9 Å². The maximum atomic E-state index is 9.75. The molecule has 0 spiro atoms. The van der Waals surface area contributed by atoms with Crippen molar-refractivity contribution in [3.63, 3.8) is 0 Å². The van der Waals surface area contributed by atoms with E-state index in [4.69, 9.17) is 23.3 Å². The van der Waals surface area contributed by atoms with Gasteiger partial charge in [0.1, 0.15) is 23.9 Å². The summed E-state index contributed by atoms with van der Waals surface area (Å²) >= 11 is 0. The van der Waals surface area contributed by atoms with E-state index >= 15 is 0 Å². The third kappa shape index (κ3) is 12.8. The molecule has 44 heavy (non-hydrogen) atoms. The Morgan fingerprint density at radius 2 is 1.30 bits per heavy atom. The predicted octanol–water partition coefficient (Wildman–Crippen LogP) is 10.0. The number of aliphatic imine (C=N–C) groups is 1.